The van der Waals surface area contributed by atoms with E-state index in [1.807, 2.05) is 0 Å². The lowest BCUT2D eigenvalue weighted by Gasteiger charge is -2.31. The summed E-state index contributed by atoms with van der Waals surface area (Å²) in [6.45, 7) is 1.96. The second-order valence-electron chi connectivity index (χ2n) is 5.94. The molecule has 3 aliphatic rings. The Morgan fingerprint density at radius 2 is 2.05 bits per heavy atom. The third-order valence-electron chi connectivity index (χ3n) is 4.46. The summed E-state index contributed by atoms with van der Waals surface area (Å²) >= 11 is 1.62. The Morgan fingerprint density at radius 3 is 2.60 bits per heavy atom. The first-order chi connectivity index (χ1) is 9.61. The van der Waals surface area contributed by atoms with Gasteiger partial charge in [0.1, 0.15) is 6.04 Å². The summed E-state index contributed by atoms with van der Waals surface area (Å²) in [5.41, 5.74) is 5.66. The number of urea groups is 1. The Bertz CT molecular complexity index is 416. The van der Waals surface area contributed by atoms with E-state index in [9.17, 15) is 14.7 Å². The number of carboxylic acids is 1. The molecule has 3 unspecified atom stereocenters. The first kappa shape index (κ1) is 14.0. The molecular formula is C13H21N3O3S. The van der Waals surface area contributed by atoms with Crippen LogP contribution in [0.2, 0.25) is 0 Å². The second kappa shape index (κ2) is 5.44. The van der Waals surface area contributed by atoms with E-state index in [1.165, 1.54) is 0 Å². The highest BCUT2D eigenvalue weighted by molar-refractivity contribution is 8.00. The summed E-state index contributed by atoms with van der Waals surface area (Å²) in [5, 5.41) is 9.40. The summed E-state index contributed by atoms with van der Waals surface area (Å²) in [7, 11) is 0. The lowest BCUT2D eigenvalue weighted by Crippen LogP contribution is -2.51. The SMILES string of the molecule is NCC1CCN(C(=O)N2C(C(=O)O)CSC2C2CC2)C1. The van der Waals surface area contributed by atoms with Crippen molar-refractivity contribution in [2.45, 2.75) is 30.7 Å². The minimum absolute atomic E-state index is 0.0560. The van der Waals surface area contributed by atoms with Gasteiger partial charge in [-0.25, -0.2) is 9.59 Å². The Labute approximate surface area is 122 Å². The van der Waals surface area contributed by atoms with Crippen LogP contribution < -0.4 is 5.73 Å². The normalized spacial score (nSPS) is 33.8. The van der Waals surface area contributed by atoms with Crippen molar-refractivity contribution in [2.75, 3.05) is 25.4 Å². The number of likely N-dealkylation sites (tertiary alicyclic amines) is 1. The number of amides is 2. The molecular weight excluding hydrogens is 278 g/mol. The van der Waals surface area contributed by atoms with Crippen LogP contribution in [0.15, 0.2) is 0 Å². The van der Waals surface area contributed by atoms with Crippen molar-refractivity contribution < 1.29 is 14.7 Å². The molecule has 20 heavy (non-hydrogen) atoms. The van der Waals surface area contributed by atoms with Crippen molar-refractivity contribution >= 4 is 23.8 Å². The molecule has 0 aromatic carbocycles. The van der Waals surface area contributed by atoms with Gasteiger partial charge in [0.15, 0.2) is 0 Å². The molecule has 0 radical (unpaired) electrons. The smallest absolute Gasteiger partial charge is 0.327 e. The van der Waals surface area contributed by atoms with Crippen LogP contribution in [0.3, 0.4) is 0 Å². The number of carboxylic acid groups (broad SMARTS) is 1. The summed E-state index contributed by atoms with van der Waals surface area (Å²) in [6, 6.07) is -0.773. The van der Waals surface area contributed by atoms with E-state index in [1.54, 1.807) is 21.6 Å². The highest BCUT2D eigenvalue weighted by Gasteiger charge is 2.49. The van der Waals surface area contributed by atoms with E-state index in [2.05, 4.69) is 0 Å². The second-order valence-corrected chi connectivity index (χ2v) is 7.09. The van der Waals surface area contributed by atoms with Gasteiger partial charge in [0.05, 0.1) is 5.37 Å². The van der Waals surface area contributed by atoms with E-state index >= 15 is 0 Å². The summed E-state index contributed by atoms with van der Waals surface area (Å²) in [5.74, 6) is 0.470. The standard InChI is InChI=1S/C13H21N3O3S/c14-5-8-3-4-15(6-8)13(19)16-10(12(17)18)7-20-11(16)9-1-2-9/h8-11H,1-7,14H2,(H,17,18). The number of hydrogen-bond acceptors (Lipinski definition) is 4. The van der Waals surface area contributed by atoms with Gasteiger partial charge < -0.3 is 15.7 Å². The largest absolute Gasteiger partial charge is 0.480 e. The minimum atomic E-state index is -0.886. The Hall–Kier alpha value is -0.950. The van der Waals surface area contributed by atoms with Crippen LogP contribution in [0, 0.1) is 11.8 Å². The molecule has 1 aliphatic carbocycles. The number of carbonyl (C=O) groups is 2. The Kier molecular flexibility index (Phi) is 3.81. The molecule has 0 spiro atoms. The Balaban J connectivity index is 1.73. The van der Waals surface area contributed by atoms with E-state index in [0.29, 0.717) is 37.2 Å². The quantitative estimate of drug-likeness (QED) is 0.798. The molecule has 0 aromatic rings. The number of nitrogens with two attached hydrogens (primary N) is 1. The van der Waals surface area contributed by atoms with Gasteiger partial charge in [-0.05, 0) is 37.6 Å². The van der Waals surface area contributed by atoms with Gasteiger partial charge in [0.25, 0.3) is 0 Å². The number of aliphatic carboxylic acids is 1. The fourth-order valence-electron chi connectivity index (χ4n) is 3.07. The number of rotatable bonds is 3. The maximum absolute atomic E-state index is 12.7. The molecule has 6 nitrogen and oxygen atoms in total. The van der Waals surface area contributed by atoms with Crippen LogP contribution in [0.4, 0.5) is 4.79 Å². The molecule has 2 aliphatic heterocycles. The first-order valence-corrected chi connectivity index (χ1v) is 8.28. The molecule has 112 valence electrons. The topological polar surface area (TPSA) is 86.9 Å². The molecule has 3 N–H and O–H groups in total. The van der Waals surface area contributed by atoms with Crippen molar-refractivity contribution in [3.8, 4) is 0 Å². The van der Waals surface area contributed by atoms with Crippen molar-refractivity contribution in [2.24, 2.45) is 17.6 Å². The number of carbonyl (C=O) groups excluding carboxylic acids is 1. The number of nitrogens with zero attached hydrogens (tertiary/aromatic N) is 2. The summed E-state index contributed by atoms with van der Waals surface area (Å²) in [6.07, 6.45) is 3.15. The molecule has 0 bridgehead atoms. The van der Waals surface area contributed by atoms with Gasteiger partial charge in [-0.1, -0.05) is 0 Å². The van der Waals surface area contributed by atoms with Gasteiger partial charge in [0, 0.05) is 18.8 Å². The van der Waals surface area contributed by atoms with E-state index in [-0.39, 0.29) is 11.4 Å². The maximum Gasteiger partial charge on any atom is 0.327 e. The van der Waals surface area contributed by atoms with E-state index in [4.69, 9.17) is 5.73 Å². The van der Waals surface area contributed by atoms with Crippen molar-refractivity contribution in [1.82, 2.24) is 9.80 Å². The third kappa shape index (κ3) is 2.48. The number of thioether (sulfide) groups is 1. The maximum atomic E-state index is 12.7. The average molecular weight is 299 g/mol. The average Bonchev–Trinajstić information content (AvgIpc) is 3.02. The third-order valence-corrected chi connectivity index (χ3v) is 5.92. The fourth-order valence-corrected chi connectivity index (χ4v) is 4.69. The molecule has 0 aromatic heterocycles. The minimum Gasteiger partial charge on any atom is -0.480 e. The highest BCUT2D eigenvalue weighted by atomic mass is 32.2. The van der Waals surface area contributed by atoms with Crippen LogP contribution in [0.25, 0.3) is 0 Å². The van der Waals surface area contributed by atoms with Crippen molar-refractivity contribution in [3.63, 3.8) is 0 Å². The van der Waals surface area contributed by atoms with E-state index < -0.39 is 12.0 Å². The predicted octanol–water partition coefficient (Wildman–Crippen LogP) is 0.625. The van der Waals surface area contributed by atoms with Crippen molar-refractivity contribution in [3.05, 3.63) is 0 Å². The summed E-state index contributed by atoms with van der Waals surface area (Å²) in [4.78, 5) is 27.5. The zero-order valence-corrected chi connectivity index (χ0v) is 12.2. The van der Waals surface area contributed by atoms with Crippen LogP contribution in [-0.4, -0.2) is 63.7 Å². The highest BCUT2D eigenvalue weighted by Crippen LogP contribution is 2.46. The fraction of sp³-hybridized carbons (Fsp3) is 0.846. The van der Waals surface area contributed by atoms with Gasteiger partial charge in [-0.3, -0.25) is 4.90 Å². The molecule has 3 rings (SSSR count). The lowest BCUT2D eigenvalue weighted by atomic mass is 10.1. The molecule has 3 fully saturated rings. The first-order valence-electron chi connectivity index (χ1n) is 7.23. The summed E-state index contributed by atoms with van der Waals surface area (Å²) < 4.78 is 0. The molecule has 1 saturated carbocycles. The molecule has 2 amide bonds. The van der Waals surface area contributed by atoms with Crippen LogP contribution in [0.1, 0.15) is 19.3 Å². The lowest BCUT2D eigenvalue weighted by molar-refractivity contribution is -0.141. The zero-order chi connectivity index (χ0) is 14.3. The molecule has 2 saturated heterocycles. The van der Waals surface area contributed by atoms with Crippen LogP contribution >= 0.6 is 11.8 Å². The number of hydrogen-bond donors (Lipinski definition) is 2. The van der Waals surface area contributed by atoms with Gasteiger partial charge in [-0.2, -0.15) is 0 Å². The van der Waals surface area contributed by atoms with Crippen LogP contribution in [-0.2, 0) is 4.79 Å². The molecule has 3 atom stereocenters. The molecule has 2 heterocycles. The van der Waals surface area contributed by atoms with Gasteiger partial charge >= 0.3 is 12.0 Å². The predicted molar refractivity (Wildman–Crippen MR) is 76.4 cm³/mol. The van der Waals surface area contributed by atoms with Crippen molar-refractivity contribution in [1.29, 1.82) is 0 Å². The monoisotopic (exact) mass is 299 g/mol. The van der Waals surface area contributed by atoms with Gasteiger partial charge in [0.2, 0.25) is 0 Å². The Morgan fingerprint density at radius 1 is 1.30 bits per heavy atom. The van der Waals surface area contributed by atoms with Gasteiger partial charge in [-0.15, -0.1) is 11.8 Å². The van der Waals surface area contributed by atoms with E-state index in [0.717, 1.165) is 19.3 Å². The molecule has 7 heteroatoms. The van der Waals surface area contributed by atoms with Crippen LogP contribution in [0.5, 0.6) is 0 Å². The zero-order valence-electron chi connectivity index (χ0n) is 11.4.